The molecule has 1 N–H and O–H groups in total. The molecule has 0 spiro atoms. The zero-order valence-electron chi connectivity index (χ0n) is 12.6. The zero-order valence-corrected chi connectivity index (χ0v) is 12.6. The van der Waals surface area contributed by atoms with Crippen molar-refractivity contribution >= 4 is 10.8 Å². The first-order valence-corrected chi connectivity index (χ1v) is 8.36. The second-order valence-electron chi connectivity index (χ2n) is 6.49. The summed E-state index contributed by atoms with van der Waals surface area (Å²) >= 11 is 0. The molecule has 4 rings (SSSR count). The van der Waals surface area contributed by atoms with Gasteiger partial charge in [-0.05, 0) is 35.1 Å². The molecule has 2 fully saturated rings. The predicted octanol–water partition coefficient (Wildman–Crippen LogP) is 3.59. The fourth-order valence-corrected chi connectivity index (χ4v) is 3.97. The highest BCUT2D eigenvalue weighted by atomic mass is 15.2. The van der Waals surface area contributed by atoms with Crippen LogP contribution in [0.5, 0.6) is 0 Å². The summed E-state index contributed by atoms with van der Waals surface area (Å²) in [6.07, 6.45) is 4.22. The molecular formula is C19H24N2. The van der Waals surface area contributed by atoms with Crippen LogP contribution in [0.1, 0.15) is 30.9 Å². The fraction of sp³-hybridized carbons (Fsp3) is 0.474. The molecule has 1 saturated carbocycles. The van der Waals surface area contributed by atoms with Gasteiger partial charge in [0, 0.05) is 32.2 Å². The molecule has 2 nitrogen and oxygen atoms in total. The Labute approximate surface area is 127 Å². The van der Waals surface area contributed by atoms with Crippen molar-refractivity contribution in [2.75, 3.05) is 26.2 Å². The molecule has 2 aliphatic rings. The summed E-state index contributed by atoms with van der Waals surface area (Å²) in [7, 11) is 0. The largest absolute Gasteiger partial charge is 0.314 e. The van der Waals surface area contributed by atoms with E-state index in [1.54, 1.807) is 5.56 Å². The average molecular weight is 280 g/mol. The van der Waals surface area contributed by atoms with Gasteiger partial charge in [-0.3, -0.25) is 4.90 Å². The van der Waals surface area contributed by atoms with Crippen LogP contribution in [-0.2, 0) is 0 Å². The minimum absolute atomic E-state index is 0.618. The van der Waals surface area contributed by atoms with Gasteiger partial charge in [0.15, 0.2) is 0 Å². The van der Waals surface area contributed by atoms with Crippen LogP contribution in [0, 0.1) is 5.92 Å². The van der Waals surface area contributed by atoms with E-state index in [0.717, 1.165) is 19.0 Å². The molecule has 2 heteroatoms. The molecule has 1 aliphatic carbocycles. The van der Waals surface area contributed by atoms with Gasteiger partial charge in [0.25, 0.3) is 0 Å². The third kappa shape index (κ3) is 2.47. The molecule has 0 unspecified atom stereocenters. The van der Waals surface area contributed by atoms with E-state index < -0.39 is 0 Å². The minimum atomic E-state index is 0.618. The Kier molecular flexibility index (Phi) is 3.66. The molecule has 0 radical (unpaired) electrons. The van der Waals surface area contributed by atoms with Crippen LogP contribution in [0.3, 0.4) is 0 Å². The first-order chi connectivity index (χ1) is 10.4. The quantitative estimate of drug-likeness (QED) is 0.924. The van der Waals surface area contributed by atoms with Crippen molar-refractivity contribution in [3.8, 4) is 0 Å². The summed E-state index contributed by atoms with van der Waals surface area (Å²) in [6, 6.07) is 16.4. The van der Waals surface area contributed by atoms with E-state index in [-0.39, 0.29) is 0 Å². The van der Waals surface area contributed by atoms with Crippen LogP contribution in [0.15, 0.2) is 42.5 Å². The zero-order chi connectivity index (χ0) is 14.1. The molecule has 1 atom stereocenters. The van der Waals surface area contributed by atoms with Gasteiger partial charge in [0.2, 0.25) is 0 Å². The van der Waals surface area contributed by atoms with E-state index in [0.29, 0.717) is 6.04 Å². The summed E-state index contributed by atoms with van der Waals surface area (Å²) in [5, 5.41) is 6.33. The van der Waals surface area contributed by atoms with Gasteiger partial charge in [-0.1, -0.05) is 48.9 Å². The molecular weight excluding hydrogens is 256 g/mol. The molecule has 0 bridgehead atoms. The van der Waals surface area contributed by atoms with Crippen LogP contribution in [0.25, 0.3) is 10.8 Å². The maximum atomic E-state index is 3.49. The highest BCUT2D eigenvalue weighted by molar-refractivity contribution is 5.86. The van der Waals surface area contributed by atoms with Gasteiger partial charge in [-0.25, -0.2) is 0 Å². The Morgan fingerprint density at radius 3 is 2.48 bits per heavy atom. The normalized spacial score (nSPS) is 22.1. The van der Waals surface area contributed by atoms with E-state index in [1.807, 2.05) is 0 Å². The highest BCUT2D eigenvalue weighted by Crippen LogP contribution is 2.43. The van der Waals surface area contributed by atoms with Crippen LogP contribution in [0.2, 0.25) is 0 Å². The fourth-order valence-electron chi connectivity index (χ4n) is 3.97. The van der Waals surface area contributed by atoms with Gasteiger partial charge in [0.05, 0.1) is 0 Å². The SMILES string of the molecule is c1ccc2c([C@@H](C3CCC3)N3CCNCC3)cccc2c1. The predicted molar refractivity (Wildman–Crippen MR) is 88.5 cm³/mol. The molecule has 1 saturated heterocycles. The minimum Gasteiger partial charge on any atom is -0.314 e. The lowest BCUT2D eigenvalue weighted by Crippen LogP contribution is -2.47. The van der Waals surface area contributed by atoms with Crippen LogP contribution in [-0.4, -0.2) is 31.1 Å². The average Bonchev–Trinajstić information content (AvgIpc) is 2.51. The van der Waals surface area contributed by atoms with Crippen LogP contribution < -0.4 is 5.32 Å². The van der Waals surface area contributed by atoms with Crippen molar-refractivity contribution in [2.24, 2.45) is 5.92 Å². The Bertz CT molecular complexity index is 606. The Morgan fingerprint density at radius 2 is 1.71 bits per heavy atom. The molecule has 21 heavy (non-hydrogen) atoms. The molecule has 1 heterocycles. The third-order valence-electron chi connectivity index (χ3n) is 5.28. The maximum absolute atomic E-state index is 3.49. The summed E-state index contributed by atoms with van der Waals surface area (Å²) in [5.74, 6) is 0.855. The van der Waals surface area contributed by atoms with Crippen molar-refractivity contribution in [2.45, 2.75) is 25.3 Å². The molecule has 0 aromatic heterocycles. The van der Waals surface area contributed by atoms with E-state index in [9.17, 15) is 0 Å². The second-order valence-corrected chi connectivity index (χ2v) is 6.49. The smallest absolute Gasteiger partial charge is 0.0383 e. The van der Waals surface area contributed by atoms with Crippen molar-refractivity contribution in [1.82, 2.24) is 10.2 Å². The number of piperazine rings is 1. The van der Waals surface area contributed by atoms with Gasteiger partial charge < -0.3 is 5.32 Å². The lowest BCUT2D eigenvalue weighted by atomic mass is 9.75. The van der Waals surface area contributed by atoms with E-state index in [4.69, 9.17) is 0 Å². The lowest BCUT2D eigenvalue weighted by Gasteiger charge is -2.43. The van der Waals surface area contributed by atoms with Gasteiger partial charge in [0.1, 0.15) is 0 Å². The topological polar surface area (TPSA) is 15.3 Å². The number of benzene rings is 2. The van der Waals surface area contributed by atoms with Gasteiger partial charge >= 0.3 is 0 Å². The Morgan fingerprint density at radius 1 is 0.952 bits per heavy atom. The number of fused-ring (bicyclic) bond motifs is 1. The summed E-state index contributed by atoms with van der Waals surface area (Å²) in [4.78, 5) is 2.72. The first-order valence-electron chi connectivity index (χ1n) is 8.36. The van der Waals surface area contributed by atoms with Gasteiger partial charge in [-0.15, -0.1) is 0 Å². The van der Waals surface area contributed by atoms with Crippen LogP contribution >= 0.6 is 0 Å². The molecule has 0 amide bonds. The summed E-state index contributed by atoms with van der Waals surface area (Å²) < 4.78 is 0. The van der Waals surface area contributed by atoms with Crippen molar-refractivity contribution < 1.29 is 0 Å². The van der Waals surface area contributed by atoms with Crippen molar-refractivity contribution in [3.63, 3.8) is 0 Å². The Hall–Kier alpha value is -1.38. The van der Waals surface area contributed by atoms with Crippen molar-refractivity contribution in [3.05, 3.63) is 48.0 Å². The molecule has 2 aromatic carbocycles. The molecule has 1 aliphatic heterocycles. The maximum Gasteiger partial charge on any atom is 0.0383 e. The number of hydrogen-bond donors (Lipinski definition) is 1. The van der Waals surface area contributed by atoms with E-state index in [1.165, 1.54) is 43.1 Å². The van der Waals surface area contributed by atoms with Crippen LogP contribution in [0.4, 0.5) is 0 Å². The number of nitrogens with zero attached hydrogens (tertiary/aromatic N) is 1. The molecule has 110 valence electrons. The molecule has 2 aromatic rings. The number of rotatable bonds is 3. The second kappa shape index (κ2) is 5.78. The van der Waals surface area contributed by atoms with Crippen molar-refractivity contribution in [1.29, 1.82) is 0 Å². The lowest BCUT2D eigenvalue weighted by molar-refractivity contribution is 0.0846. The van der Waals surface area contributed by atoms with E-state index >= 15 is 0 Å². The Balaban J connectivity index is 1.77. The number of nitrogens with one attached hydrogen (secondary N) is 1. The number of hydrogen-bond acceptors (Lipinski definition) is 2. The van der Waals surface area contributed by atoms with E-state index in [2.05, 4.69) is 52.7 Å². The third-order valence-corrected chi connectivity index (χ3v) is 5.28. The summed E-state index contributed by atoms with van der Waals surface area (Å²) in [6.45, 7) is 4.64. The standard InChI is InChI=1S/C19H24N2/c1-2-9-17-15(5-1)6-4-10-18(17)19(16-7-3-8-16)21-13-11-20-12-14-21/h1-2,4-6,9-10,16,19-20H,3,7-8,11-14H2/t19-/m1/s1. The highest BCUT2D eigenvalue weighted by Gasteiger charge is 2.34. The van der Waals surface area contributed by atoms with Gasteiger partial charge in [-0.2, -0.15) is 0 Å². The monoisotopic (exact) mass is 280 g/mol. The first kappa shape index (κ1) is 13.3. The summed E-state index contributed by atoms with van der Waals surface area (Å²) in [5.41, 5.74) is 1.56.